The van der Waals surface area contributed by atoms with Gasteiger partial charge in [0.05, 0.1) is 13.2 Å². The molecule has 1 aromatic heterocycles. The molecule has 0 aliphatic heterocycles. The number of aryl methyl sites for hydroxylation is 1. The van der Waals surface area contributed by atoms with Gasteiger partial charge >= 0.3 is 5.97 Å². The van der Waals surface area contributed by atoms with E-state index in [9.17, 15) is 14.3 Å². The Morgan fingerprint density at radius 3 is 2.86 bits per heavy atom. The Morgan fingerprint density at radius 1 is 1.41 bits per heavy atom. The van der Waals surface area contributed by atoms with Gasteiger partial charge < -0.3 is 9.84 Å². The van der Waals surface area contributed by atoms with Crippen molar-refractivity contribution in [1.29, 1.82) is 0 Å². The highest BCUT2D eigenvalue weighted by Crippen LogP contribution is 2.47. The fourth-order valence-electron chi connectivity index (χ4n) is 5.10. The van der Waals surface area contributed by atoms with Crippen LogP contribution in [0.2, 0.25) is 0 Å². The Kier molecular flexibility index (Phi) is 7.92. The van der Waals surface area contributed by atoms with E-state index >= 15 is 0 Å². The van der Waals surface area contributed by atoms with Crippen molar-refractivity contribution in [3.8, 4) is 0 Å². The highest BCUT2D eigenvalue weighted by atomic mass is 32.1. The van der Waals surface area contributed by atoms with Crippen LogP contribution in [0.3, 0.4) is 0 Å². The molecule has 29 heavy (non-hydrogen) atoms. The lowest BCUT2D eigenvalue weighted by molar-refractivity contribution is -0.0355. The molecule has 0 radical (unpaired) electrons. The topological polar surface area (TPSA) is 46.5 Å². The number of alkyl halides is 1. The van der Waals surface area contributed by atoms with Crippen molar-refractivity contribution in [2.75, 3.05) is 7.11 Å². The van der Waals surface area contributed by atoms with Crippen molar-refractivity contribution in [1.82, 2.24) is 0 Å². The van der Waals surface area contributed by atoms with Crippen LogP contribution in [-0.4, -0.2) is 30.5 Å². The van der Waals surface area contributed by atoms with E-state index in [1.807, 2.05) is 24.3 Å². The lowest BCUT2D eigenvalue weighted by Crippen LogP contribution is -2.40. The fraction of sp³-hybridized carbons (Fsp3) is 0.708. The van der Waals surface area contributed by atoms with Crippen molar-refractivity contribution in [3.05, 3.63) is 34.0 Å². The Bertz CT molecular complexity index is 689. The number of allylic oxidation sites excluding steroid dienone is 1. The van der Waals surface area contributed by atoms with Crippen molar-refractivity contribution in [3.63, 3.8) is 0 Å². The fourth-order valence-corrected chi connectivity index (χ4v) is 6.06. The Morgan fingerprint density at radius 2 is 2.21 bits per heavy atom. The first-order valence-corrected chi connectivity index (χ1v) is 12.0. The molecule has 2 saturated carbocycles. The van der Waals surface area contributed by atoms with Crippen LogP contribution in [0.25, 0.3) is 0 Å². The number of carbonyl (C=O) groups excluding carboxylic acids is 1. The number of hydrogen-bond donors (Lipinski definition) is 1. The standard InChI is InChI=1S/C24H35FO3S/c1-3-24(15-6-16-24)22(26)10-5-9-19-17(11-13-20(19)25)7-4-8-18-12-14-21(29-18)23(27)28-2/h5,9,12,14,17,19-20,22,26H,3-4,6-8,10-11,13,15-16H2,1-2H3/b9-5+/t17-,19?,20?,22?/m0/s1. The maximum atomic E-state index is 14.5. The molecule has 0 bridgehead atoms. The molecule has 3 nitrogen and oxygen atoms in total. The van der Waals surface area contributed by atoms with E-state index < -0.39 is 6.17 Å². The molecule has 3 unspecified atom stereocenters. The van der Waals surface area contributed by atoms with Crippen molar-refractivity contribution in [2.24, 2.45) is 17.3 Å². The zero-order chi connectivity index (χ0) is 20.9. The Hall–Kier alpha value is -1.20. The minimum Gasteiger partial charge on any atom is -0.465 e. The van der Waals surface area contributed by atoms with Crippen molar-refractivity contribution >= 4 is 17.3 Å². The molecular formula is C24H35FO3S. The summed E-state index contributed by atoms with van der Waals surface area (Å²) in [6, 6.07) is 3.81. The lowest BCUT2D eigenvalue weighted by atomic mass is 9.63. The van der Waals surface area contributed by atoms with Crippen LogP contribution in [0.1, 0.15) is 79.3 Å². The van der Waals surface area contributed by atoms with E-state index in [0.29, 0.717) is 23.6 Å². The van der Waals surface area contributed by atoms with Crippen LogP contribution in [0.5, 0.6) is 0 Å². The molecular weight excluding hydrogens is 387 g/mol. The quantitative estimate of drug-likeness (QED) is 0.365. The SMILES string of the molecule is CCC1(C(O)C/C=C/C2C(F)CC[C@@H]2CCCc2ccc(C(=O)OC)s2)CCC1. The van der Waals surface area contributed by atoms with Crippen LogP contribution < -0.4 is 0 Å². The molecule has 162 valence electrons. The number of aliphatic hydroxyl groups is 1. The van der Waals surface area contributed by atoms with Gasteiger partial charge in [0.15, 0.2) is 0 Å². The van der Waals surface area contributed by atoms with Crippen LogP contribution in [0.15, 0.2) is 24.3 Å². The first kappa shape index (κ1) is 22.5. The van der Waals surface area contributed by atoms with Gasteiger partial charge in [-0.05, 0) is 81.3 Å². The number of methoxy groups -OCH3 is 1. The van der Waals surface area contributed by atoms with Gasteiger partial charge in [0.1, 0.15) is 11.0 Å². The number of hydrogen-bond acceptors (Lipinski definition) is 4. The van der Waals surface area contributed by atoms with Crippen LogP contribution in [0.4, 0.5) is 4.39 Å². The van der Waals surface area contributed by atoms with Gasteiger partial charge in [0.25, 0.3) is 0 Å². The minimum absolute atomic E-state index is 0.0184. The molecule has 2 aliphatic carbocycles. The second kappa shape index (κ2) is 10.2. The third-order valence-electron chi connectivity index (χ3n) is 7.30. The summed E-state index contributed by atoms with van der Waals surface area (Å²) >= 11 is 1.49. The van der Waals surface area contributed by atoms with Crippen molar-refractivity contribution < 1.29 is 19.0 Å². The molecule has 0 amide bonds. The predicted octanol–water partition coefficient (Wildman–Crippen LogP) is 6.11. The van der Waals surface area contributed by atoms with Crippen LogP contribution in [0, 0.1) is 17.3 Å². The number of esters is 1. The monoisotopic (exact) mass is 422 g/mol. The van der Waals surface area contributed by atoms with E-state index in [-0.39, 0.29) is 23.4 Å². The highest BCUT2D eigenvalue weighted by molar-refractivity contribution is 7.13. The first-order chi connectivity index (χ1) is 14.0. The number of rotatable bonds is 10. The van der Waals surface area contributed by atoms with E-state index in [1.54, 1.807) is 0 Å². The largest absolute Gasteiger partial charge is 0.465 e. The average Bonchev–Trinajstić information content (AvgIpc) is 3.29. The van der Waals surface area contributed by atoms with E-state index in [2.05, 4.69) is 6.92 Å². The number of aliphatic hydroxyl groups excluding tert-OH is 1. The Labute approximate surface area is 178 Å². The van der Waals surface area contributed by atoms with E-state index in [4.69, 9.17) is 4.74 Å². The molecule has 2 fully saturated rings. The zero-order valence-corrected chi connectivity index (χ0v) is 18.6. The number of halogens is 1. The summed E-state index contributed by atoms with van der Waals surface area (Å²) in [6.07, 6.45) is 12.7. The molecule has 0 saturated heterocycles. The van der Waals surface area contributed by atoms with Gasteiger partial charge in [-0.1, -0.05) is 25.5 Å². The van der Waals surface area contributed by atoms with Crippen molar-refractivity contribution in [2.45, 2.75) is 83.4 Å². The normalized spacial score (nSPS) is 27.1. The van der Waals surface area contributed by atoms with Crippen LogP contribution in [-0.2, 0) is 11.2 Å². The zero-order valence-electron chi connectivity index (χ0n) is 17.7. The molecule has 1 aromatic rings. The van der Waals surface area contributed by atoms with Gasteiger partial charge in [-0.15, -0.1) is 11.3 Å². The van der Waals surface area contributed by atoms with E-state index in [1.165, 1.54) is 29.7 Å². The molecule has 0 spiro atoms. The minimum atomic E-state index is -0.759. The van der Waals surface area contributed by atoms with Crippen LogP contribution >= 0.6 is 11.3 Å². The smallest absolute Gasteiger partial charge is 0.348 e. The molecule has 5 heteroatoms. The summed E-state index contributed by atoms with van der Waals surface area (Å²) in [5.74, 6) is 0.0776. The predicted molar refractivity (Wildman–Crippen MR) is 116 cm³/mol. The molecule has 0 aromatic carbocycles. The molecule has 1 N–H and O–H groups in total. The summed E-state index contributed by atoms with van der Waals surface area (Å²) in [5, 5.41) is 10.6. The lowest BCUT2D eigenvalue weighted by Gasteiger charge is -2.45. The molecule has 4 atom stereocenters. The third kappa shape index (κ3) is 5.29. The van der Waals surface area contributed by atoms with Gasteiger partial charge in [-0.2, -0.15) is 0 Å². The summed E-state index contributed by atoms with van der Waals surface area (Å²) in [4.78, 5) is 13.4. The summed E-state index contributed by atoms with van der Waals surface area (Å²) < 4.78 is 19.2. The van der Waals surface area contributed by atoms with E-state index in [0.717, 1.165) is 44.9 Å². The van der Waals surface area contributed by atoms with Gasteiger partial charge in [0.2, 0.25) is 0 Å². The summed E-state index contributed by atoms with van der Waals surface area (Å²) in [7, 11) is 1.40. The highest BCUT2D eigenvalue weighted by Gasteiger charge is 2.41. The molecule has 3 rings (SSSR count). The maximum Gasteiger partial charge on any atom is 0.348 e. The molecule has 2 aliphatic rings. The van der Waals surface area contributed by atoms with Gasteiger partial charge in [0, 0.05) is 10.8 Å². The number of ether oxygens (including phenoxy) is 1. The average molecular weight is 423 g/mol. The van der Waals surface area contributed by atoms with Gasteiger partial charge in [-0.25, -0.2) is 9.18 Å². The second-order valence-corrected chi connectivity index (χ2v) is 10.00. The first-order valence-electron chi connectivity index (χ1n) is 11.1. The maximum absolute atomic E-state index is 14.5. The second-order valence-electron chi connectivity index (χ2n) is 8.83. The Balaban J connectivity index is 1.46. The number of thiophene rings is 1. The third-order valence-corrected chi connectivity index (χ3v) is 8.42. The van der Waals surface area contributed by atoms with Gasteiger partial charge in [-0.3, -0.25) is 0 Å². The molecule has 1 heterocycles. The summed E-state index contributed by atoms with van der Waals surface area (Å²) in [5.41, 5.74) is 0.109. The summed E-state index contributed by atoms with van der Waals surface area (Å²) in [6.45, 7) is 2.17. The number of carbonyl (C=O) groups is 1.